The Morgan fingerprint density at radius 2 is 1.88 bits per heavy atom. The van der Waals surface area contributed by atoms with Gasteiger partial charge in [0.1, 0.15) is 11.5 Å². The van der Waals surface area contributed by atoms with Gasteiger partial charge < -0.3 is 10.2 Å². The molecule has 2 aromatic rings. The lowest BCUT2D eigenvalue weighted by Gasteiger charge is -2.31. The van der Waals surface area contributed by atoms with Crippen molar-refractivity contribution in [2.75, 3.05) is 7.05 Å². The number of rotatable bonds is 4. The molecule has 0 bridgehead atoms. The number of hydrogen-bond acceptors (Lipinski definition) is 5. The first-order chi connectivity index (χ1) is 12.2. The summed E-state index contributed by atoms with van der Waals surface area (Å²) in [6.07, 6.45) is 1.43. The molecule has 0 aromatic heterocycles. The smallest absolute Gasteiger partial charge is 0.240 e. The Morgan fingerprint density at radius 3 is 2.54 bits per heavy atom. The van der Waals surface area contributed by atoms with Crippen LogP contribution in [-0.2, 0) is 16.4 Å². The average molecular weight is 375 g/mol. The van der Waals surface area contributed by atoms with Gasteiger partial charge in [0.2, 0.25) is 10.0 Å². The molecule has 1 aliphatic rings. The molecule has 0 saturated carbocycles. The highest BCUT2D eigenvalue weighted by Gasteiger charge is 2.34. The van der Waals surface area contributed by atoms with Crippen LogP contribution < -0.4 is 4.72 Å². The second-order valence-electron chi connectivity index (χ2n) is 6.63. The first kappa shape index (κ1) is 18.4. The molecule has 0 heterocycles. The van der Waals surface area contributed by atoms with Gasteiger partial charge in [-0.2, -0.15) is 0 Å². The van der Waals surface area contributed by atoms with E-state index < -0.39 is 15.9 Å². The molecule has 0 saturated heterocycles. The Hall–Kier alpha value is -2.38. The maximum atomic E-state index is 13.1. The average Bonchev–Trinajstić information content (AvgIpc) is 2.60. The van der Waals surface area contributed by atoms with Crippen molar-refractivity contribution in [3.63, 3.8) is 0 Å². The largest absolute Gasteiger partial charge is 0.508 e. The van der Waals surface area contributed by atoms with Crippen LogP contribution in [0.3, 0.4) is 0 Å². The van der Waals surface area contributed by atoms with Gasteiger partial charge in [0.15, 0.2) is 5.78 Å². The number of phenolic OH excluding ortho intramolecular Hbond substituents is 2. The zero-order chi connectivity index (χ0) is 19.1. The molecule has 2 atom stereocenters. The fourth-order valence-corrected chi connectivity index (χ4v) is 4.32. The third-order valence-electron chi connectivity index (χ3n) is 5.00. The van der Waals surface area contributed by atoms with E-state index in [0.29, 0.717) is 6.42 Å². The summed E-state index contributed by atoms with van der Waals surface area (Å²) in [5, 5.41) is 19.5. The molecule has 1 aliphatic carbocycles. The number of carbonyl (C=O) groups is 1. The van der Waals surface area contributed by atoms with Crippen LogP contribution in [0.25, 0.3) is 0 Å². The highest BCUT2D eigenvalue weighted by Crippen LogP contribution is 2.40. The SMILES string of the molecule is CNS(=O)(=O)c1ccc2c(c1)CC[C@H](C)C2C(=O)c1ccc(O)cc1O. The molecule has 26 heavy (non-hydrogen) atoms. The number of Topliss-reactive ketones (excluding diaryl/α,β-unsaturated/α-hetero) is 1. The Morgan fingerprint density at radius 1 is 1.15 bits per heavy atom. The van der Waals surface area contributed by atoms with Gasteiger partial charge in [-0.15, -0.1) is 0 Å². The zero-order valence-electron chi connectivity index (χ0n) is 14.6. The number of carbonyl (C=O) groups excluding carboxylic acids is 1. The summed E-state index contributed by atoms with van der Waals surface area (Å²) in [5.74, 6) is -1.03. The molecule has 0 spiro atoms. The minimum atomic E-state index is -3.55. The van der Waals surface area contributed by atoms with Gasteiger partial charge in [-0.25, -0.2) is 13.1 Å². The summed E-state index contributed by atoms with van der Waals surface area (Å²) in [7, 11) is -2.19. The molecule has 1 unspecified atom stereocenters. The Kier molecular flexibility index (Phi) is 4.77. The second kappa shape index (κ2) is 6.74. The summed E-state index contributed by atoms with van der Waals surface area (Å²) in [6.45, 7) is 1.97. The standard InChI is InChI=1S/C19H21NO5S/c1-11-3-4-12-9-14(26(24,25)20-2)6-8-15(12)18(11)19(23)16-7-5-13(21)10-17(16)22/h5-11,18,20-22H,3-4H2,1-2H3/t11-,18?/m0/s1. The molecular weight excluding hydrogens is 354 g/mol. The molecule has 138 valence electrons. The molecule has 2 aromatic carbocycles. The number of hydrogen-bond donors (Lipinski definition) is 3. The first-order valence-electron chi connectivity index (χ1n) is 8.37. The van der Waals surface area contributed by atoms with Crippen molar-refractivity contribution in [3.8, 4) is 11.5 Å². The van der Waals surface area contributed by atoms with E-state index in [9.17, 15) is 23.4 Å². The number of ketones is 1. The molecule has 7 heteroatoms. The van der Waals surface area contributed by atoms with Gasteiger partial charge in [0.05, 0.1) is 16.4 Å². The number of aromatic hydroxyl groups is 2. The van der Waals surface area contributed by atoms with Crippen molar-refractivity contribution in [2.45, 2.75) is 30.6 Å². The molecule has 0 radical (unpaired) electrons. The molecule has 6 nitrogen and oxygen atoms in total. The van der Waals surface area contributed by atoms with Gasteiger partial charge in [-0.1, -0.05) is 13.0 Å². The van der Waals surface area contributed by atoms with E-state index in [2.05, 4.69) is 4.72 Å². The predicted octanol–water partition coefficient (Wildman–Crippen LogP) is 2.55. The summed E-state index contributed by atoms with van der Waals surface area (Å²) >= 11 is 0. The van der Waals surface area contributed by atoms with E-state index >= 15 is 0 Å². The van der Waals surface area contributed by atoms with Crippen molar-refractivity contribution in [1.82, 2.24) is 4.72 Å². The van der Waals surface area contributed by atoms with Crippen molar-refractivity contribution in [1.29, 1.82) is 0 Å². The van der Waals surface area contributed by atoms with Crippen LogP contribution in [-0.4, -0.2) is 31.5 Å². The van der Waals surface area contributed by atoms with Crippen molar-refractivity contribution >= 4 is 15.8 Å². The topological polar surface area (TPSA) is 104 Å². The summed E-state index contributed by atoms with van der Waals surface area (Å²) in [5.41, 5.74) is 1.77. The Balaban J connectivity index is 2.06. The first-order valence-corrected chi connectivity index (χ1v) is 9.85. The van der Waals surface area contributed by atoms with Gasteiger partial charge in [0.25, 0.3) is 0 Å². The Labute approximate surface area is 152 Å². The third kappa shape index (κ3) is 3.20. The normalized spacial score (nSPS) is 19.8. The van der Waals surface area contributed by atoms with Crippen LogP contribution in [0, 0.1) is 5.92 Å². The molecular formula is C19H21NO5S. The number of phenols is 2. The molecule has 0 aliphatic heterocycles. The van der Waals surface area contributed by atoms with E-state index in [1.165, 1.54) is 25.2 Å². The van der Waals surface area contributed by atoms with E-state index in [1.807, 2.05) is 6.92 Å². The number of aryl methyl sites for hydroxylation is 1. The minimum Gasteiger partial charge on any atom is -0.508 e. The summed E-state index contributed by atoms with van der Waals surface area (Å²) in [6, 6.07) is 8.72. The number of benzene rings is 2. The maximum absolute atomic E-state index is 13.1. The van der Waals surface area contributed by atoms with Crippen molar-refractivity contribution in [3.05, 3.63) is 53.1 Å². The van der Waals surface area contributed by atoms with Crippen LogP contribution in [0.1, 0.15) is 40.7 Å². The van der Waals surface area contributed by atoms with Crippen LogP contribution in [0.5, 0.6) is 11.5 Å². The maximum Gasteiger partial charge on any atom is 0.240 e. The fourth-order valence-electron chi connectivity index (χ4n) is 3.54. The van der Waals surface area contributed by atoms with Gasteiger partial charge in [0, 0.05) is 6.07 Å². The lowest BCUT2D eigenvalue weighted by molar-refractivity contribution is 0.0922. The molecule has 3 N–H and O–H groups in total. The summed E-state index contributed by atoms with van der Waals surface area (Å²) in [4.78, 5) is 13.2. The zero-order valence-corrected chi connectivity index (χ0v) is 15.4. The van der Waals surface area contributed by atoms with Gasteiger partial charge in [-0.05, 0) is 61.2 Å². The summed E-state index contributed by atoms with van der Waals surface area (Å²) < 4.78 is 26.4. The third-order valence-corrected chi connectivity index (χ3v) is 6.41. The monoisotopic (exact) mass is 375 g/mol. The quantitative estimate of drug-likeness (QED) is 0.713. The van der Waals surface area contributed by atoms with E-state index in [-0.39, 0.29) is 33.7 Å². The van der Waals surface area contributed by atoms with E-state index in [1.54, 1.807) is 12.1 Å². The number of nitrogens with one attached hydrogen (secondary N) is 1. The fraction of sp³-hybridized carbons (Fsp3) is 0.316. The van der Waals surface area contributed by atoms with E-state index in [4.69, 9.17) is 0 Å². The number of fused-ring (bicyclic) bond motifs is 1. The predicted molar refractivity (Wildman–Crippen MR) is 97.0 cm³/mol. The molecule has 3 rings (SSSR count). The van der Waals surface area contributed by atoms with Gasteiger partial charge >= 0.3 is 0 Å². The van der Waals surface area contributed by atoms with E-state index in [0.717, 1.165) is 23.6 Å². The lowest BCUT2D eigenvalue weighted by Crippen LogP contribution is -2.26. The highest BCUT2D eigenvalue weighted by atomic mass is 32.2. The number of sulfonamides is 1. The van der Waals surface area contributed by atoms with Crippen LogP contribution >= 0.6 is 0 Å². The lowest BCUT2D eigenvalue weighted by atomic mass is 9.72. The minimum absolute atomic E-state index is 0.0509. The molecule has 0 fully saturated rings. The van der Waals surface area contributed by atoms with Crippen molar-refractivity contribution < 1.29 is 23.4 Å². The second-order valence-corrected chi connectivity index (χ2v) is 8.51. The molecule has 0 amide bonds. The van der Waals surface area contributed by atoms with Crippen LogP contribution in [0.2, 0.25) is 0 Å². The highest BCUT2D eigenvalue weighted by molar-refractivity contribution is 7.89. The Bertz CT molecular complexity index is 968. The van der Waals surface area contributed by atoms with Gasteiger partial charge in [-0.3, -0.25) is 4.79 Å². The van der Waals surface area contributed by atoms with Crippen molar-refractivity contribution in [2.24, 2.45) is 5.92 Å². The van der Waals surface area contributed by atoms with Crippen LogP contribution in [0.15, 0.2) is 41.3 Å². The van der Waals surface area contributed by atoms with Crippen LogP contribution in [0.4, 0.5) is 0 Å².